The van der Waals surface area contributed by atoms with Crippen LogP contribution in [0.25, 0.3) is 11.3 Å². The normalized spacial score (nSPS) is 10.5. The molecule has 4 rings (SSSR count). The van der Waals surface area contributed by atoms with Gasteiger partial charge in [0.25, 0.3) is 0 Å². The van der Waals surface area contributed by atoms with Gasteiger partial charge in [-0.15, -0.1) is 11.3 Å². The first-order valence-electron chi connectivity index (χ1n) is 8.77. The van der Waals surface area contributed by atoms with E-state index in [4.69, 9.17) is 11.6 Å². The molecule has 0 bridgehead atoms. The molecule has 2 aromatic carbocycles. The molecule has 0 aliphatic rings. The van der Waals surface area contributed by atoms with E-state index in [2.05, 4.69) is 31.1 Å². The molecule has 0 aliphatic heterocycles. The Balaban J connectivity index is 1.34. The molecule has 7 nitrogen and oxygen atoms in total. The molecule has 2 heterocycles. The van der Waals surface area contributed by atoms with Gasteiger partial charge in [0.15, 0.2) is 5.13 Å². The molecule has 0 unspecified atom stereocenters. The topological polar surface area (TPSA) is 94.7 Å². The molecule has 4 aromatic rings. The number of rotatable bonds is 6. The highest BCUT2D eigenvalue weighted by Gasteiger charge is 2.08. The molecular formula is C20H17ClN6OS. The van der Waals surface area contributed by atoms with E-state index in [0.29, 0.717) is 17.3 Å². The molecule has 0 saturated heterocycles. The van der Waals surface area contributed by atoms with Gasteiger partial charge in [0.1, 0.15) is 0 Å². The molecule has 2 aromatic heterocycles. The summed E-state index contributed by atoms with van der Waals surface area (Å²) in [5, 5.41) is 18.8. The number of carbonyl (C=O) groups is 1. The smallest absolute Gasteiger partial charge is 0.319 e. The maximum absolute atomic E-state index is 12.0. The minimum Gasteiger partial charge on any atom is -0.334 e. The highest BCUT2D eigenvalue weighted by atomic mass is 35.5. The third-order valence-electron chi connectivity index (χ3n) is 4.06. The predicted molar refractivity (Wildman–Crippen MR) is 117 cm³/mol. The molecule has 0 fully saturated rings. The van der Waals surface area contributed by atoms with Crippen molar-refractivity contribution < 1.29 is 4.79 Å². The quantitative estimate of drug-likeness (QED) is 0.340. The second kappa shape index (κ2) is 8.76. The van der Waals surface area contributed by atoms with E-state index in [9.17, 15) is 4.79 Å². The van der Waals surface area contributed by atoms with Gasteiger partial charge in [0, 0.05) is 45.6 Å². The van der Waals surface area contributed by atoms with Gasteiger partial charge >= 0.3 is 6.03 Å². The number of aromatic amines is 1. The maximum atomic E-state index is 12.0. The molecule has 0 saturated carbocycles. The molecule has 29 heavy (non-hydrogen) atoms. The Morgan fingerprint density at radius 3 is 2.66 bits per heavy atom. The fourth-order valence-electron chi connectivity index (χ4n) is 2.62. The van der Waals surface area contributed by atoms with Crippen LogP contribution in [-0.2, 0) is 6.54 Å². The SMILES string of the molecule is O=C(NCc1cn[nH]c1)Nc1ccc(Nc2nc(-c3ccccc3Cl)cs2)cc1. The molecule has 2 amide bonds. The minimum atomic E-state index is -0.281. The summed E-state index contributed by atoms with van der Waals surface area (Å²) in [6.45, 7) is 0.403. The van der Waals surface area contributed by atoms with Gasteiger partial charge in [-0.25, -0.2) is 9.78 Å². The number of anilines is 3. The predicted octanol–water partition coefficient (Wildman–Crippen LogP) is 5.25. The van der Waals surface area contributed by atoms with Crippen molar-refractivity contribution in [2.24, 2.45) is 0 Å². The van der Waals surface area contributed by atoms with Crippen molar-refractivity contribution in [3.8, 4) is 11.3 Å². The average molecular weight is 425 g/mol. The van der Waals surface area contributed by atoms with Crippen molar-refractivity contribution in [2.45, 2.75) is 6.54 Å². The van der Waals surface area contributed by atoms with Gasteiger partial charge < -0.3 is 16.0 Å². The Kier molecular flexibility index (Phi) is 5.73. The number of thiazole rings is 1. The standard InChI is InChI=1S/C20H17ClN6OS/c21-17-4-2-1-3-16(17)18-12-29-20(27-18)26-15-7-5-14(6-8-15)25-19(28)22-9-13-10-23-24-11-13/h1-8,10-12H,9H2,(H,23,24)(H,26,27)(H2,22,25,28). The van der Waals surface area contributed by atoms with E-state index in [1.54, 1.807) is 12.4 Å². The second-order valence-corrected chi connectivity index (χ2v) is 7.40. The molecule has 0 atom stereocenters. The largest absolute Gasteiger partial charge is 0.334 e. The number of nitrogens with one attached hydrogen (secondary N) is 4. The molecule has 0 spiro atoms. The highest BCUT2D eigenvalue weighted by molar-refractivity contribution is 7.14. The number of urea groups is 1. The number of nitrogens with zero attached hydrogens (tertiary/aromatic N) is 2. The van der Waals surface area contributed by atoms with Crippen molar-refractivity contribution in [3.05, 3.63) is 76.9 Å². The lowest BCUT2D eigenvalue weighted by Gasteiger charge is -2.08. The van der Waals surface area contributed by atoms with E-state index >= 15 is 0 Å². The van der Waals surface area contributed by atoms with Crippen LogP contribution in [0.2, 0.25) is 5.02 Å². The van der Waals surface area contributed by atoms with E-state index in [-0.39, 0.29) is 6.03 Å². The van der Waals surface area contributed by atoms with Gasteiger partial charge in [0.2, 0.25) is 0 Å². The Morgan fingerprint density at radius 2 is 1.90 bits per heavy atom. The van der Waals surface area contributed by atoms with E-state index in [1.165, 1.54) is 11.3 Å². The lowest BCUT2D eigenvalue weighted by Crippen LogP contribution is -2.27. The van der Waals surface area contributed by atoms with Gasteiger partial charge in [-0.2, -0.15) is 5.10 Å². The van der Waals surface area contributed by atoms with Crippen LogP contribution in [0.5, 0.6) is 0 Å². The van der Waals surface area contributed by atoms with Crippen LogP contribution >= 0.6 is 22.9 Å². The van der Waals surface area contributed by atoms with Crippen LogP contribution < -0.4 is 16.0 Å². The molecule has 146 valence electrons. The van der Waals surface area contributed by atoms with E-state index in [0.717, 1.165) is 27.6 Å². The number of benzene rings is 2. The summed E-state index contributed by atoms with van der Waals surface area (Å²) in [5.41, 5.74) is 4.19. The van der Waals surface area contributed by atoms with Crippen LogP contribution in [-0.4, -0.2) is 21.2 Å². The fourth-order valence-corrected chi connectivity index (χ4v) is 3.58. The minimum absolute atomic E-state index is 0.281. The number of H-pyrrole nitrogens is 1. The monoisotopic (exact) mass is 424 g/mol. The first-order chi connectivity index (χ1) is 14.2. The molecule has 0 radical (unpaired) electrons. The number of hydrogen-bond donors (Lipinski definition) is 4. The Morgan fingerprint density at radius 1 is 1.10 bits per heavy atom. The van der Waals surface area contributed by atoms with Gasteiger partial charge in [0.05, 0.1) is 11.9 Å². The molecule has 0 aliphatic carbocycles. The number of carbonyl (C=O) groups excluding carboxylic acids is 1. The van der Waals surface area contributed by atoms with E-state index < -0.39 is 0 Å². The first kappa shape index (κ1) is 19.0. The van der Waals surface area contributed by atoms with Crippen LogP contribution in [0.15, 0.2) is 66.3 Å². The van der Waals surface area contributed by atoms with Crippen LogP contribution in [0.1, 0.15) is 5.56 Å². The van der Waals surface area contributed by atoms with Gasteiger partial charge in [-0.1, -0.05) is 29.8 Å². The highest BCUT2D eigenvalue weighted by Crippen LogP contribution is 2.31. The summed E-state index contributed by atoms with van der Waals surface area (Å²) < 4.78 is 0. The summed E-state index contributed by atoms with van der Waals surface area (Å²) in [4.78, 5) is 16.6. The third-order valence-corrected chi connectivity index (χ3v) is 5.14. The van der Waals surface area contributed by atoms with Crippen molar-refractivity contribution >= 4 is 45.5 Å². The van der Waals surface area contributed by atoms with Crippen LogP contribution in [0.4, 0.5) is 21.3 Å². The zero-order valence-electron chi connectivity index (χ0n) is 15.1. The Labute approximate surface area is 176 Å². The lowest BCUT2D eigenvalue weighted by atomic mass is 10.2. The average Bonchev–Trinajstić information content (AvgIpc) is 3.40. The number of halogens is 1. The van der Waals surface area contributed by atoms with Crippen molar-refractivity contribution in [1.29, 1.82) is 0 Å². The zero-order chi connectivity index (χ0) is 20.1. The van der Waals surface area contributed by atoms with Crippen LogP contribution in [0, 0.1) is 0 Å². The second-order valence-electron chi connectivity index (χ2n) is 6.13. The van der Waals surface area contributed by atoms with Crippen molar-refractivity contribution in [2.75, 3.05) is 10.6 Å². The summed E-state index contributed by atoms with van der Waals surface area (Å²) in [7, 11) is 0. The molecule has 4 N–H and O–H groups in total. The van der Waals surface area contributed by atoms with Crippen LogP contribution in [0.3, 0.4) is 0 Å². The van der Waals surface area contributed by atoms with Crippen molar-refractivity contribution in [3.63, 3.8) is 0 Å². The maximum Gasteiger partial charge on any atom is 0.319 e. The Hall–Kier alpha value is -3.36. The number of hydrogen-bond acceptors (Lipinski definition) is 5. The van der Waals surface area contributed by atoms with E-state index in [1.807, 2.05) is 53.9 Å². The van der Waals surface area contributed by atoms with Gasteiger partial charge in [-0.3, -0.25) is 5.10 Å². The molecular weight excluding hydrogens is 408 g/mol. The summed E-state index contributed by atoms with van der Waals surface area (Å²) >= 11 is 7.74. The number of amides is 2. The Bertz CT molecular complexity index is 1090. The fraction of sp³-hybridized carbons (Fsp3) is 0.0500. The third kappa shape index (κ3) is 4.92. The van der Waals surface area contributed by atoms with Crippen molar-refractivity contribution in [1.82, 2.24) is 20.5 Å². The lowest BCUT2D eigenvalue weighted by molar-refractivity contribution is 0.251. The summed E-state index contributed by atoms with van der Waals surface area (Å²) in [5.74, 6) is 0. The summed E-state index contributed by atoms with van der Waals surface area (Å²) in [6, 6.07) is 14.7. The zero-order valence-corrected chi connectivity index (χ0v) is 16.7. The number of aromatic nitrogens is 3. The summed E-state index contributed by atoms with van der Waals surface area (Å²) in [6.07, 6.45) is 3.40. The first-order valence-corrected chi connectivity index (χ1v) is 10.0. The van der Waals surface area contributed by atoms with Gasteiger partial charge in [-0.05, 0) is 30.3 Å². The molecule has 9 heteroatoms.